The first-order valence-corrected chi connectivity index (χ1v) is 5.41. The second kappa shape index (κ2) is 3.09. The molecule has 2 rings (SSSR count). The van der Waals surface area contributed by atoms with E-state index in [1.54, 1.807) is 0 Å². The minimum absolute atomic E-state index is 0.132. The summed E-state index contributed by atoms with van der Waals surface area (Å²) in [7, 11) is 0. The van der Waals surface area contributed by atoms with E-state index in [2.05, 4.69) is 52.2 Å². The molecule has 2 aromatic rings. The van der Waals surface area contributed by atoms with Gasteiger partial charge in [-0.3, -0.25) is 4.40 Å². The molecule has 0 aliphatic carbocycles. The Morgan fingerprint density at radius 2 is 2.07 bits per heavy atom. The van der Waals surface area contributed by atoms with Crippen molar-refractivity contribution in [1.82, 2.24) is 9.38 Å². The third-order valence-electron chi connectivity index (χ3n) is 2.33. The molecule has 74 valence electrons. The van der Waals surface area contributed by atoms with Crippen molar-refractivity contribution in [3.8, 4) is 0 Å². The van der Waals surface area contributed by atoms with E-state index in [9.17, 15) is 0 Å². The third kappa shape index (κ3) is 1.46. The Bertz CT molecular complexity index is 466. The molecule has 2 aromatic heterocycles. The van der Waals surface area contributed by atoms with Crippen LogP contribution < -0.4 is 0 Å². The number of halogens is 1. The Morgan fingerprint density at radius 3 is 2.71 bits per heavy atom. The predicted octanol–water partition coefficient (Wildman–Crippen LogP) is 3.39. The molecule has 0 spiro atoms. The van der Waals surface area contributed by atoms with Gasteiger partial charge < -0.3 is 0 Å². The molecule has 0 N–H and O–H groups in total. The van der Waals surface area contributed by atoms with Gasteiger partial charge in [0.25, 0.3) is 0 Å². The van der Waals surface area contributed by atoms with Crippen LogP contribution in [0.1, 0.15) is 26.3 Å². The van der Waals surface area contributed by atoms with Gasteiger partial charge in [-0.1, -0.05) is 20.8 Å². The SMILES string of the molecule is CC(C)(C)c1cnc(Br)n2cccc12. The lowest BCUT2D eigenvalue weighted by Crippen LogP contribution is -2.13. The van der Waals surface area contributed by atoms with E-state index in [1.807, 2.05) is 18.5 Å². The van der Waals surface area contributed by atoms with Gasteiger partial charge in [0.05, 0.1) is 5.52 Å². The number of aromatic nitrogens is 2. The van der Waals surface area contributed by atoms with Crippen molar-refractivity contribution in [2.45, 2.75) is 26.2 Å². The van der Waals surface area contributed by atoms with Crippen LogP contribution in [0.3, 0.4) is 0 Å². The van der Waals surface area contributed by atoms with Gasteiger partial charge in [-0.25, -0.2) is 4.98 Å². The fraction of sp³-hybridized carbons (Fsp3) is 0.364. The van der Waals surface area contributed by atoms with Crippen LogP contribution in [0.4, 0.5) is 0 Å². The Kier molecular flexibility index (Phi) is 2.14. The molecule has 0 aliphatic heterocycles. The molecule has 0 saturated heterocycles. The molecule has 0 atom stereocenters. The fourth-order valence-corrected chi connectivity index (χ4v) is 2.00. The van der Waals surface area contributed by atoms with Gasteiger partial charge in [0, 0.05) is 12.4 Å². The van der Waals surface area contributed by atoms with Gasteiger partial charge in [0.1, 0.15) is 0 Å². The zero-order valence-electron chi connectivity index (χ0n) is 8.58. The summed E-state index contributed by atoms with van der Waals surface area (Å²) < 4.78 is 2.91. The Labute approximate surface area is 92.1 Å². The Hall–Kier alpha value is -0.830. The van der Waals surface area contributed by atoms with Crippen molar-refractivity contribution in [3.63, 3.8) is 0 Å². The molecular weight excluding hydrogens is 240 g/mol. The summed E-state index contributed by atoms with van der Waals surface area (Å²) in [5, 5.41) is 0. The molecule has 0 fully saturated rings. The lowest BCUT2D eigenvalue weighted by Gasteiger charge is -2.20. The smallest absolute Gasteiger partial charge is 0.181 e. The highest BCUT2D eigenvalue weighted by Gasteiger charge is 2.18. The number of rotatable bonds is 0. The van der Waals surface area contributed by atoms with E-state index in [4.69, 9.17) is 0 Å². The molecule has 0 unspecified atom stereocenters. The molecule has 0 saturated carbocycles. The molecule has 0 amide bonds. The standard InChI is InChI=1S/C11H13BrN2/c1-11(2,3)8-7-13-10(12)14-6-4-5-9(8)14/h4-7H,1-3H3. The normalized spacial score (nSPS) is 12.3. The van der Waals surface area contributed by atoms with Crippen LogP contribution in [-0.4, -0.2) is 9.38 Å². The first-order valence-electron chi connectivity index (χ1n) is 4.62. The van der Waals surface area contributed by atoms with Gasteiger partial charge in [0.15, 0.2) is 4.73 Å². The lowest BCUT2D eigenvalue weighted by atomic mass is 9.88. The molecule has 14 heavy (non-hydrogen) atoms. The summed E-state index contributed by atoms with van der Waals surface area (Å²) in [5.41, 5.74) is 2.62. The van der Waals surface area contributed by atoms with Crippen LogP contribution in [0.5, 0.6) is 0 Å². The summed E-state index contributed by atoms with van der Waals surface area (Å²) in [6, 6.07) is 4.16. The van der Waals surface area contributed by atoms with Crippen molar-refractivity contribution >= 4 is 21.4 Å². The van der Waals surface area contributed by atoms with Crippen molar-refractivity contribution < 1.29 is 0 Å². The third-order valence-corrected chi connectivity index (χ3v) is 2.92. The zero-order chi connectivity index (χ0) is 10.3. The molecule has 0 aromatic carbocycles. The van der Waals surface area contributed by atoms with Crippen LogP contribution >= 0.6 is 15.9 Å². The van der Waals surface area contributed by atoms with E-state index >= 15 is 0 Å². The second-order valence-electron chi connectivity index (χ2n) is 4.45. The highest BCUT2D eigenvalue weighted by Crippen LogP contribution is 2.27. The van der Waals surface area contributed by atoms with Crippen molar-refractivity contribution in [2.24, 2.45) is 0 Å². The zero-order valence-corrected chi connectivity index (χ0v) is 10.2. The van der Waals surface area contributed by atoms with E-state index in [0.717, 1.165) is 4.73 Å². The molecule has 3 heteroatoms. The van der Waals surface area contributed by atoms with Crippen molar-refractivity contribution in [3.05, 3.63) is 34.8 Å². The summed E-state index contributed by atoms with van der Waals surface area (Å²) in [6.07, 6.45) is 3.96. The van der Waals surface area contributed by atoms with E-state index in [0.29, 0.717) is 0 Å². The van der Waals surface area contributed by atoms with Crippen LogP contribution in [0.2, 0.25) is 0 Å². The maximum Gasteiger partial charge on any atom is 0.181 e. The Morgan fingerprint density at radius 1 is 1.36 bits per heavy atom. The van der Waals surface area contributed by atoms with Gasteiger partial charge >= 0.3 is 0 Å². The molecule has 2 nitrogen and oxygen atoms in total. The minimum atomic E-state index is 0.132. The van der Waals surface area contributed by atoms with Gasteiger partial charge in [0.2, 0.25) is 0 Å². The van der Waals surface area contributed by atoms with Crippen molar-refractivity contribution in [1.29, 1.82) is 0 Å². The molecule has 0 aliphatic rings. The van der Waals surface area contributed by atoms with E-state index in [-0.39, 0.29) is 5.41 Å². The quantitative estimate of drug-likeness (QED) is 0.658. The Balaban J connectivity index is 2.80. The van der Waals surface area contributed by atoms with Gasteiger partial charge in [-0.2, -0.15) is 0 Å². The second-order valence-corrected chi connectivity index (χ2v) is 5.16. The van der Waals surface area contributed by atoms with Gasteiger partial charge in [-0.15, -0.1) is 0 Å². The van der Waals surface area contributed by atoms with Crippen LogP contribution in [-0.2, 0) is 5.41 Å². The summed E-state index contributed by atoms with van der Waals surface area (Å²) in [4.78, 5) is 4.33. The molecule has 2 heterocycles. The largest absolute Gasteiger partial charge is 0.296 e. The maximum absolute atomic E-state index is 4.33. The number of fused-ring (bicyclic) bond motifs is 1. The average Bonchev–Trinajstić information content (AvgIpc) is 2.50. The number of hydrogen-bond donors (Lipinski definition) is 0. The molecule has 0 bridgehead atoms. The summed E-state index contributed by atoms with van der Waals surface area (Å²) >= 11 is 3.43. The minimum Gasteiger partial charge on any atom is -0.296 e. The van der Waals surface area contributed by atoms with E-state index < -0.39 is 0 Å². The number of nitrogens with zero attached hydrogens (tertiary/aromatic N) is 2. The molecule has 0 radical (unpaired) electrons. The highest BCUT2D eigenvalue weighted by atomic mass is 79.9. The average molecular weight is 253 g/mol. The maximum atomic E-state index is 4.33. The predicted molar refractivity (Wildman–Crippen MR) is 61.6 cm³/mol. The lowest BCUT2D eigenvalue weighted by molar-refractivity contribution is 0.589. The van der Waals surface area contributed by atoms with Crippen molar-refractivity contribution in [2.75, 3.05) is 0 Å². The highest BCUT2D eigenvalue weighted by molar-refractivity contribution is 9.10. The summed E-state index contributed by atoms with van der Waals surface area (Å²) in [5.74, 6) is 0. The first kappa shape index (κ1) is 9.71. The summed E-state index contributed by atoms with van der Waals surface area (Å²) in [6.45, 7) is 6.60. The monoisotopic (exact) mass is 252 g/mol. The van der Waals surface area contributed by atoms with Crippen LogP contribution in [0, 0.1) is 0 Å². The number of hydrogen-bond acceptors (Lipinski definition) is 1. The fourth-order valence-electron chi connectivity index (χ4n) is 1.59. The topological polar surface area (TPSA) is 17.3 Å². The first-order chi connectivity index (χ1) is 6.50. The van der Waals surface area contributed by atoms with Crippen LogP contribution in [0.15, 0.2) is 29.3 Å². The van der Waals surface area contributed by atoms with Gasteiger partial charge in [-0.05, 0) is 39.0 Å². The van der Waals surface area contributed by atoms with Crippen LogP contribution in [0.25, 0.3) is 5.52 Å². The molecular formula is C11H13BrN2. The van der Waals surface area contributed by atoms with E-state index in [1.165, 1.54) is 11.1 Å².